The molecule has 0 unspecified atom stereocenters. The van der Waals surface area contributed by atoms with Gasteiger partial charge in [0.2, 0.25) is 5.91 Å². The van der Waals surface area contributed by atoms with Gasteiger partial charge in [0.1, 0.15) is 5.76 Å². The molecule has 0 spiro atoms. The number of para-hydroxylation sites is 1. The largest absolute Gasteiger partial charge is 0.450 e. The molecule has 4 aliphatic rings. The van der Waals surface area contributed by atoms with Crippen LogP contribution in [0.5, 0.6) is 0 Å². The number of amides is 5. The second-order valence-corrected chi connectivity index (χ2v) is 14.5. The SMILES string of the molecule is C[C@]12CS[C@@H](CCCCC(=O)NCCCN3C(=O)S/C(=C\c4ccc(SC5=Nc6ccccc6C5)o4)C3=O)[C@H]1NC(=O)N2. The first-order valence-electron chi connectivity index (χ1n) is 14.4. The average molecular weight is 640 g/mol. The molecule has 0 bridgehead atoms. The molecule has 1 aromatic heterocycles. The minimum absolute atomic E-state index is 0.0345. The van der Waals surface area contributed by atoms with Crippen LogP contribution in [0, 0.1) is 0 Å². The summed E-state index contributed by atoms with van der Waals surface area (Å²) in [7, 11) is 0. The lowest BCUT2D eigenvalue weighted by Crippen LogP contribution is -2.47. The zero-order valence-electron chi connectivity index (χ0n) is 23.7. The molecule has 4 aliphatic heterocycles. The molecule has 3 saturated heterocycles. The van der Waals surface area contributed by atoms with Crippen molar-refractivity contribution in [1.29, 1.82) is 0 Å². The molecule has 0 aliphatic carbocycles. The van der Waals surface area contributed by atoms with E-state index >= 15 is 0 Å². The third-order valence-corrected chi connectivity index (χ3v) is 11.4. The molecule has 5 heterocycles. The molecule has 3 atom stereocenters. The van der Waals surface area contributed by atoms with Gasteiger partial charge in [0, 0.05) is 43.0 Å². The number of unbranched alkanes of at least 4 members (excludes halogenated alkanes) is 1. The van der Waals surface area contributed by atoms with Crippen LogP contribution in [0.2, 0.25) is 0 Å². The second kappa shape index (κ2) is 12.8. The number of aliphatic imine (C=N–C) groups is 1. The number of hydrogen-bond donors (Lipinski definition) is 3. The maximum atomic E-state index is 12.9. The van der Waals surface area contributed by atoms with Crippen LogP contribution >= 0.6 is 35.3 Å². The van der Waals surface area contributed by atoms with Crippen LogP contribution < -0.4 is 16.0 Å². The number of benzene rings is 1. The van der Waals surface area contributed by atoms with Gasteiger partial charge in [-0.3, -0.25) is 19.3 Å². The number of urea groups is 1. The summed E-state index contributed by atoms with van der Waals surface area (Å²) in [5, 5.41) is 10.6. The fraction of sp³-hybridized carbons (Fsp3) is 0.433. The van der Waals surface area contributed by atoms with E-state index in [1.807, 2.05) is 36.0 Å². The van der Waals surface area contributed by atoms with E-state index in [4.69, 9.17) is 4.42 Å². The molecule has 5 amide bonds. The normalized spacial score (nSPS) is 25.1. The van der Waals surface area contributed by atoms with Crippen molar-refractivity contribution in [3.63, 3.8) is 0 Å². The number of furan rings is 1. The van der Waals surface area contributed by atoms with Crippen molar-refractivity contribution in [2.24, 2.45) is 4.99 Å². The highest BCUT2D eigenvalue weighted by atomic mass is 32.2. The Kier molecular flexibility index (Phi) is 8.92. The highest BCUT2D eigenvalue weighted by Gasteiger charge is 2.51. The van der Waals surface area contributed by atoms with Gasteiger partial charge in [-0.15, -0.1) is 0 Å². The molecule has 6 rings (SSSR count). The molecule has 2 aromatic rings. The van der Waals surface area contributed by atoms with Crippen molar-refractivity contribution in [2.45, 2.75) is 67.4 Å². The Hall–Kier alpha value is -3.16. The maximum absolute atomic E-state index is 12.9. The van der Waals surface area contributed by atoms with Gasteiger partial charge in [-0.1, -0.05) is 24.6 Å². The van der Waals surface area contributed by atoms with Crippen LogP contribution in [-0.4, -0.2) is 68.7 Å². The first-order chi connectivity index (χ1) is 20.8. The number of rotatable bonds is 11. The third kappa shape index (κ3) is 6.83. The summed E-state index contributed by atoms with van der Waals surface area (Å²) in [6, 6.07) is 11.7. The monoisotopic (exact) mass is 639 g/mol. The minimum atomic E-state index is -0.350. The van der Waals surface area contributed by atoms with Crippen LogP contribution in [0.25, 0.3) is 6.08 Å². The molecular formula is C30H33N5O5S3. The lowest BCUT2D eigenvalue weighted by Gasteiger charge is -2.23. The first-order valence-corrected chi connectivity index (χ1v) is 17.1. The highest BCUT2D eigenvalue weighted by molar-refractivity contribution is 8.18. The highest BCUT2D eigenvalue weighted by Crippen LogP contribution is 2.40. The summed E-state index contributed by atoms with van der Waals surface area (Å²) >= 11 is 4.22. The fourth-order valence-electron chi connectivity index (χ4n) is 5.68. The molecule has 1 aromatic carbocycles. The van der Waals surface area contributed by atoms with Crippen LogP contribution in [0.4, 0.5) is 15.3 Å². The Labute approximate surface area is 262 Å². The Morgan fingerprint density at radius 3 is 2.93 bits per heavy atom. The number of nitrogens with zero attached hydrogens (tertiary/aromatic N) is 2. The van der Waals surface area contributed by atoms with Gasteiger partial charge >= 0.3 is 6.03 Å². The van der Waals surface area contributed by atoms with Gasteiger partial charge in [-0.05, 0) is 73.5 Å². The van der Waals surface area contributed by atoms with Crippen LogP contribution in [-0.2, 0) is 16.0 Å². The zero-order chi connectivity index (χ0) is 30.0. The lowest BCUT2D eigenvalue weighted by atomic mass is 9.92. The van der Waals surface area contributed by atoms with Crippen molar-refractivity contribution in [3.05, 3.63) is 52.6 Å². The molecule has 0 saturated carbocycles. The summed E-state index contributed by atoms with van der Waals surface area (Å²) in [6.45, 7) is 2.71. The van der Waals surface area contributed by atoms with Crippen molar-refractivity contribution in [3.8, 4) is 0 Å². The number of imide groups is 1. The van der Waals surface area contributed by atoms with Gasteiger partial charge in [0.05, 0.1) is 27.2 Å². The number of carbonyl (C=O) groups is 4. The summed E-state index contributed by atoms with van der Waals surface area (Å²) in [4.78, 5) is 55.6. The van der Waals surface area contributed by atoms with Crippen molar-refractivity contribution in [1.82, 2.24) is 20.9 Å². The third-order valence-electron chi connectivity index (χ3n) is 7.91. The van der Waals surface area contributed by atoms with Crippen molar-refractivity contribution >= 4 is 75.2 Å². The Morgan fingerprint density at radius 1 is 1.21 bits per heavy atom. The Balaban J connectivity index is 0.888. The Morgan fingerprint density at radius 2 is 2.07 bits per heavy atom. The smallest absolute Gasteiger partial charge is 0.315 e. The molecule has 43 heavy (non-hydrogen) atoms. The number of hydrogen-bond acceptors (Lipinski definition) is 9. The number of thioether (sulfide) groups is 3. The summed E-state index contributed by atoms with van der Waals surface area (Å²) < 4.78 is 5.89. The van der Waals surface area contributed by atoms with E-state index in [-0.39, 0.29) is 41.2 Å². The van der Waals surface area contributed by atoms with E-state index < -0.39 is 0 Å². The molecular weight excluding hydrogens is 607 g/mol. The Bertz CT molecular complexity index is 1510. The molecule has 3 N–H and O–H groups in total. The molecule has 13 heteroatoms. The standard InChI is InChI=1S/C30H33N5O5S3/c1-30-17-41-21(26(30)33-28(38)34-30)9-4-5-10-23(36)31-13-6-14-35-27(37)22(42-29(35)39)16-19-11-12-25(40-19)43-24-15-18-7-2-3-8-20(18)32-24/h2-3,7-8,11-12,16,21,26H,4-6,9-10,13-15,17H2,1H3,(H,31,36)(H2,33,34,38)/b22-16-/t21-,26+,30-/m0/s1. The number of carbonyl (C=O) groups excluding carboxylic acids is 4. The van der Waals surface area contributed by atoms with Crippen LogP contribution in [0.3, 0.4) is 0 Å². The fourth-order valence-corrected chi connectivity index (χ4v) is 9.11. The minimum Gasteiger partial charge on any atom is -0.450 e. The second-order valence-electron chi connectivity index (χ2n) is 11.2. The predicted octanol–water partition coefficient (Wildman–Crippen LogP) is 5.32. The molecule has 0 radical (unpaired) electrons. The summed E-state index contributed by atoms with van der Waals surface area (Å²) in [6.07, 6.45) is 5.91. The van der Waals surface area contributed by atoms with Crippen LogP contribution in [0.15, 0.2) is 55.8 Å². The van der Waals surface area contributed by atoms with Gasteiger partial charge in [0.25, 0.3) is 11.1 Å². The van der Waals surface area contributed by atoms with Crippen molar-refractivity contribution in [2.75, 3.05) is 18.8 Å². The van der Waals surface area contributed by atoms with E-state index in [0.29, 0.717) is 40.4 Å². The molecule has 226 valence electrons. The van der Waals surface area contributed by atoms with E-state index in [9.17, 15) is 19.2 Å². The van der Waals surface area contributed by atoms with Crippen molar-refractivity contribution < 1.29 is 23.6 Å². The van der Waals surface area contributed by atoms with Gasteiger partial charge < -0.3 is 20.4 Å². The van der Waals surface area contributed by atoms with E-state index in [1.54, 1.807) is 12.1 Å². The summed E-state index contributed by atoms with van der Waals surface area (Å²) in [5.41, 5.74) is 1.98. The lowest BCUT2D eigenvalue weighted by molar-refractivity contribution is -0.122. The van der Waals surface area contributed by atoms with E-state index in [2.05, 4.69) is 33.9 Å². The maximum Gasteiger partial charge on any atom is 0.315 e. The van der Waals surface area contributed by atoms with Gasteiger partial charge in [-0.25, -0.2) is 9.79 Å². The van der Waals surface area contributed by atoms with Gasteiger partial charge in [0.15, 0.2) is 5.09 Å². The molecule has 10 nitrogen and oxygen atoms in total. The average Bonchev–Trinajstić information content (AvgIpc) is 3.77. The van der Waals surface area contributed by atoms with E-state index in [0.717, 1.165) is 53.9 Å². The summed E-state index contributed by atoms with van der Waals surface area (Å²) in [5.74, 6) is 1.01. The zero-order valence-corrected chi connectivity index (χ0v) is 26.2. The van der Waals surface area contributed by atoms with Gasteiger partial charge in [-0.2, -0.15) is 11.8 Å². The first kappa shape index (κ1) is 29.9. The van der Waals surface area contributed by atoms with E-state index in [1.165, 1.54) is 22.2 Å². The predicted molar refractivity (Wildman–Crippen MR) is 171 cm³/mol. The molecule has 3 fully saturated rings. The number of nitrogens with one attached hydrogen (secondary N) is 3. The van der Waals surface area contributed by atoms with Crippen LogP contribution in [0.1, 0.15) is 50.4 Å². The number of fused-ring (bicyclic) bond motifs is 2. The topological polar surface area (TPSA) is 133 Å². The quantitative estimate of drug-likeness (QED) is 0.171.